The lowest BCUT2D eigenvalue weighted by Crippen LogP contribution is -2.36. The molecule has 0 amide bonds. The van der Waals surface area contributed by atoms with Gasteiger partial charge in [0, 0.05) is 55.2 Å². The molecule has 0 aliphatic carbocycles. The molecule has 2 saturated heterocycles. The van der Waals surface area contributed by atoms with E-state index >= 15 is 8.78 Å². The molecular weight excluding hydrogens is 490 g/mol. The van der Waals surface area contributed by atoms with Gasteiger partial charge >= 0.3 is 0 Å². The average molecular weight is 521 g/mol. The summed E-state index contributed by atoms with van der Waals surface area (Å²) in [6.45, 7) is 5.01. The zero-order chi connectivity index (χ0) is 26.1. The molecule has 2 fully saturated rings. The Morgan fingerprint density at radius 2 is 1.71 bits per heavy atom. The molecule has 198 valence electrons. The topological polar surface area (TPSA) is 67.7 Å². The molecule has 2 aromatic carbocycles. The fourth-order valence-corrected chi connectivity index (χ4v) is 5.00. The molecule has 8 nitrogen and oxygen atoms in total. The second-order valence-electron chi connectivity index (χ2n) is 9.75. The number of nitrogens with one attached hydrogen (secondary N) is 1. The van der Waals surface area contributed by atoms with E-state index in [9.17, 15) is 0 Å². The molecule has 1 atom stereocenters. The van der Waals surface area contributed by atoms with Gasteiger partial charge in [0.2, 0.25) is 5.95 Å². The second kappa shape index (κ2) is 10.7. The van der Waals surface area contributed by atoms with Crippen LogP contribution in [0.4, 0.5) is 20.4 Å². The zero-order valence-electron chi connectivity index (χ0n) is 21.2. The molecule has 10 heteroatoms. The number of aromatic nitrogens is 3. The lowest BCUT2D eigenvalue weighted by Gasteiger charge is -2.32. The molecule has 4 heterocycles. The average Bonchev–Trinajstić information content (AvgIpc) is 3.35. The maximum atomic E-state index is 15.0. The molecule has 1 unspecified atom stereocenters. The van der Waals surface area contributed by atoms with Gasteiger partial charge in [0.25, 0.3) is 0 Å². The molecular formula is C28H30F2N6O2. The van der Waals surface area contributed by atoms with Gasteiger partial charge in [-0.2, -0.15) is 4.98 Å². The first kappa shape index (κ1) is 24.9. The Kier molecular flexibility index (Phi) is 7.03. The monoisotopic (exact) mass is 520 g/mol. The molecule has 0 spiro atoms. The molecule has 2 aliphatic rings. The van der Waals surface area contributed by atoms with Crippen LogP contribution in [0.2, 0.25) is 0 Å². The fourth-order valence-electron chi connectivity index (χ4n) is 5.00. The molecule has 0 bridgehead atoms. The van der Waals surface area contributed by atoms with Gasteiger partial charge in [-0.05, 0) is 42.9 Å². The van der Waals surface area contributed by atoms with E-state index in [4.69, 9.17) is 9.47 Å². The van der Waals surface area contributed by atoms with Gasteiger partial charge in [-0.1, -0.05) is 12.1 Å². The van der Waals surface area contributed by atoms with E-state index in [1.807, 2.05) is 23.1 Å². The number of hydrogen-bond donors (Lipinski definition) is 1. The van der Waals surface area contributed by atoms with Crippen LogP contribution >= 0.6 is 0 Å². The number of nitrogens with zero attached hydrogens (tertiary/aromatic N) is 5. The molecule has 0 radical (unpaired) electrons. The lowest BCUT2D eigenvalue weighted by atomic mass is 10.1. The normalized spacial score (nSPS) is 19.2. The third-order valence-electron chi connectivity index (χ3n) is 7.26. The Balaban J connectivity index is 1.22. The van der Waals surface area contributed by atoms with E-state index in [1.165, 1.54) is 17.7 Å². The number of likely N-dealkylation sites (N-methyl/N-ethyl adjacent to an activating group) is 1. The van der Waals surface area contributed by atoms with Crippen molar-refractivity contribution < 1.29 is 18.3 Å². The number of halogens is 2. The van der Waals surface area contributed by atoms with Crippen LogP contribution in [0.5, 0.6) is 0 Å². The smallest absolute Gasteiger partial charge is 0.229 e. The first-order chi connectivity index (χ1) is 18.5. The Hall–Kier alpha value is -3.44. The Morgan fingerprint density at radius 3 is 2.45 bits per heavy atom. The molecule has 0 saturated carbocycles. The number of ether oxygens (including phenoxy) is 2. The minimum absolute atomic E-state index is 0.0681. The predicted octanol–water partition coefficient (Wildman–Crippen LogP) is 4.28. The molecule has 38 heavy (non-hydrogen) atoms. The Labute approximate surface area is 219 Å². The van der Waals surface area contributed by atoms with Crippen LogP contribution in [0.1, 0.15) is 17.2 Å². The van der Waals surface area contributed by atoms with Gasteiger partial charge in [-0.3, -0.25) is 9.80 Å². The summed E-state index contributed by atoms with van der Waals surface area (Å²) in [6, 6.07) is 12.9. The number of benzene rings is 2. The lowest BCUT2D eigenvalue weighted by molar-refractivity contribution is 0.00506. The van der Waals surface area contributed by atoms with Crippen molar-refractivity contribution in [2.24, 2.45) is 0 Å². The summed E-state index contributed by atoms with van der Waals surface area (Å²) in [6.07, 6.45) is 3.44. The minimum Gasteiger partial charge on any atom is -0.379 e. The number of rotatable bonds is 6. The van der Waals surface area contributed by atoms with Crippen molar-refractivity contribution in [1.29, 1.82) is 0 Å². The van der Waals surface area contributed by atoms with E-state index in [2.05, 4.69) is 39.4 Å². The van der Waals surface area contributed by atoms with E-state index in [0.29, 0.717) is 50.2 Å². The van der Waals surface area contributed by atoms with Crippen molar-refractivity contribution >= 4 is 22.7 Å². The largest absolute Gasteiger partial charge is 0.379 e. The summed E-state index contributed by atoms with van der Waals surface area (Å²) in [5.74, 6) is -0.752. The maximum Gasteiger partial charge on any atom is 0.229 e. The minimum atomic E-state index is -0.574. The van der Waals surface area contributed by atoms with Gasteiger partial charge in [0.15, 0.2) is 0 Å². The summed E-state index contributed by atoms with van der Waals surface area (Å²) in [5.41, 5.74) is 3.02. The van der Waals surface area contributed by atoms with E-state index in [1.54, 1.807) is 17.0 Å². The van der Waals surface area contributed by atoms with Gasteiger partial charge in [0.1, 0.15) is 17.3 Å². The van der Waals surface area contributed by atoms with E-state index in [-0.39, 0.29) is 18.2 Å². The second-order valence-corrected chi connectivity index (χ2v) is 9.75. The van der Waals surface area contributed by atoms with Crippen LogP contribution in [0.25, 0.3) is 16.7 Å². The van der Waals surface area contributed by atoms with Crippen molar-refractivity contribution in [3.63, 3.8) is 0 Å². The fraction of sp³-hybridized carbons (Fsp3) is 0.357. The van der Waals surface area contributed by atoms with Crippen molar-refractivity contribution in [3.05, 3.63) is 77.6 Å². The van der Waals surface area contributed by atoms with Crippen molar-refractivity contribution in [2.75, 3.05) is 58.4 Å². The van der Waals surface area contributed by atoms with Crippen LogP contribution in [0.15, 0.2) is 54.9 Å². The Morgan fingerprint density at radius 1 is 0.974 bits per heavy atom. The van der Waals surface area contributed by atoms with Crippen molar-refractivity contribution in [1.82, 2.24) is 24.3 Å². The molecule has 2 aliphatic heterocycles. The third kappa shape index (κ3) is 5.12. The van der Waals surface area contributed by atoms with Gasteiger partial charge in [-0.25, -0.2) is 13.8 Å². The van der Waals surface area contributed by atoms with Crippen molar-refractivity contribution in [3.8, 4) is 5.69 Å². The van der Waals surface area contributed by atoms with E-state index in [0.717, 1.165) is 24.2 Å². The zero-order valence-corrected chi connectivity index (χ0v) is 21.2. The first-order valence-electron chi connectivity index (χ1n) is 12.8. The van der Waals surface area contributed by atoms with Crippen molar-refractivity contribution in [2.45, 2.75) is 12.6 Å². The summed E-state index contributed by atoms with van der Waals surface area (Å²) in [7, 11) is 2.10. The highest BCUT2D eigenvalue weighted by Crippen LogP contribution is 2.27. The van der Waals surface area contributed by atoms with Crippen LogP contribution in [-0.4, -0.2) is 77.4 Å². The summed E-state index contributed by atoms with van der Waals surface area (Å²) < 4.78 is 42.7. The summed E-state index contributed by atoms with van der Waals surface area (Å²) >= 11 is 0. The maximum absolute atomic E-state index is 15.0. The van der Waals surface area contributed by atoms with Crippen LogP contribution in [0.3, 0.4) is 0 Å². The van der Waals surface area contributed by atoms with Crippen LogP contribution in [-0.2, 0) is 16.0 Å². The Bertz CT molecular complexity index is 1400. The van der Waals surface area contributed by atoms with Gasteiger partial charge < -0.3 is 19.4 Å². The van der Waals surface area contributed by atoms with Gasteiger partial charge in [-0.15, -0.1) is 0 Å². The highest BCUT2D eigenvalue weighted by Gasteiger charge is 2.21. The highest BCUT2D eigenvalue weighted by molar-refractivity contribution is 5.78. The molecule has 4 aromatic rings. The van der Waals surface area contributed by atoms with Crippen LogP contribution < -0.4 is 5.32 Å². The first-order valence-corrected chi connectivity index (χ1v) is 12.8. The number of morpholine rings is 2. The predicted molar refractivity (Wildman–Crippen MR) is 141 cm³/mol. The number of anilines is 2. The molecule has 1 N–H and O–H groups in total. The SMILES string of the molecule is CN1CCOCC1c1ccc(Nc2ncc3ccn(-c4cc(F)c(CN5CCOCC5)c(F)c4)c3n2)cc1. The molecule has 6 rings (SSSR count). The quantitative estimate of drug-likeness (QED) is 0.407. The van der Waals surface area contributed by atoms with Gasteiger partial charge in [0.05, 0.1) is 38.2 Å². The summed E-state index contributed by atoms with van der Waals surface area (Å²) in [5, 5.41) is 4.01. The third-order valence-corrected chi connectivity index (χ3v) is 7.26. The standard InChI is InChI=1S/C28H30F2N6O2/c1-34-8-11-38-18-26(34)19-2-4-21(5-3-19)32-28-31-16-20-6-7-36(27(20)33-28)22-14-24(29)23(25(30)15-22)17-35-9-12-37-13-10-35/h2-7,14-16,26H,8-13,17-18H2,1H3,(H,31,32,33). The number of hydrogen-bond acceptors (Lipinski definition) is 7. The number of fused-ring (bicyclic) bond motifs is 1. The highest BCUT2D eigenvalue weighted by atomic mass is 19.1. The van der Waals surface area contributed by atoms with Crippen LogP contribution in [0, 0.1) is 11.6 Å². The van der Waals surface area contributed by atoms with E-state index < -0.39 is 11.6 Å². The molecule has 2 aromatic heterocycles. The summed E-state index contributed by atoms with van der Waals surface area (Å²) in [4.78, 5) is 13.4.